The minimum absolute atomic E-state index is 0.0488. The lowest BCUT2D eigenvalue weighted by molar-refractivity contribution is -0.137. The highest BCUT2D eigenvalue weighted by Crippen LogP contribution is 2.46. The fourth-order valence-corrected chi connectivity index (χ4v) is 5.71. The summed E-state index contributed by atoms with van der Waals surface area (Å²) in [5.74, 6) is -1.53. The molecular weight excluding hydrogens is 485 g/mol. The molecular formula is C29H30FN5O3. The second kappa shape index (κ2) is 8.98. The number of hydrogen-bond donors (Lipinski definition) is 2. The summed E-state index contributed by atoms with van der Waals surface area (Å²) in [5.41, 5.74) is 0.759. The van der Waals surface area contributed by atoms with Gasteiger partial charge in [-0.2, -0.15) is 5.26 Å². The van der Waals surface area contributed by atoms with Crippen LogP contribution in [0.15, 0.2) is 48.5 Å². The van der Waals surface area contributed by atoms with E-state index in [1.165, 1.54) is 21.9 Å². The highest BCUT2D eigenvalue weighted by Gasteiger charge is 2.56. The molecule has 196 valence electrons. The smallest absolute Gasteiger partial charge is 0.270 e. The summed E-state index contributed by atoms with van der Waals surface area (Å²) in [6.45, 7) is 5.96. The molecule has 0 bridgehead atoms. The van der Waals surface area contributed by atoms with E-state index in [1.54, 1.807) is 19.2 Å². The molecule has 2 aliphatic rings. The van der Waals surface area contributed by atoms with Crippen LogP contribution in [0.25, 0.3) is 10.9 Å². The van der Waals surface area contributed by atoms with E-state index >= 15 is 0 Å². The maximum absolute atomic E-state index is 14.3. The number of rotatable bonds is 4. The van der Waals surface area contributed by atoms with Crippen molar-refractivity contribution >= 4 is 34.3 Å². The molecule has 3 aromatic rings. The van der Waals surface area contributed by atoms with Crippen molar-refractivity contribution in [2.24, 2.45) is 5.41 Å². The van der Waals surface area contributed by atoms with E-state index in [9.17, 15) is 24.0 Å². The number of anilines is 1. The predicted octanol–water partition coefficient (Wildman–Crippen LogP) is 4.20. The molecule has 0 radical (unpaired) electrons. The maximum Gasteiger partial charge on any atom is 0.270 e. The van der Waals surface area contributed by atoms with E-state index in [1.807, 2.05) is 45.0 Å². The molecule has 2 aliphatic heterocycles. The van der Waals surface area contributed by atoms with Crippen LogP contribution in [0.5, 0.6) is 0 Å². The number of carbonyl (C=O) groups is 3. The van der Waals surface area contributed by atoms with Gasteiger partial charge in [-0.25, -0.2) is 4.39 Å². The summed E-state index contributed by atoms with van der Waals surface area (Å²) in [5, 5.41) is 13.2. The Balaban J connectivity index is 1.48. The van der Waals surface area contributed by atoms with Crippen LogP contribution >= 0.6 is 0 Å². The SMILES string of the molecule is CN(C(=O)c1cc2c(F)cccc2[nH]1)C(CC(C)(C)C)C(=O)N1C[C@]2(C[C@H]1C#N)C(=O)Nc1ccccc12. The zero-order chi connectivity index (χ0) is 27.4. The number of aromatic amines is 1. The number of likely N-dealkylation sites (tertiary alicyclic amines) is 1. The van der Waals surface area contributed by atoms with E-state index in [2.05, 4.69) is 16.4 Å². The summed E-state index contributed by atoms with van der Waals surface area (Å²) in [4.78, 5) is 46.6. The Bertz CT molecular complexity index is 1500. The van der Waals surface area contributed by atoms with Crippen molar-refractivity contribution in [1.29, 1.82) is 5.26 Å². The molecule has 0 saturated carbocycles. The van der Waals surface area contributed by atoms with Crippen molar-refractivity contribution in [3.8, 4) is 6.07 Å². The standard InChI is InChI=1S/C29H30FN5O3/c1-28(2,3)14-24(34(4)25(36)23-12-18-20(30)9-7-11-21(18)32-23)26(37)35-16-29(13-17(35)15-31)19-8-5-6-10-22(19)33-27(29)38/h5-12,17,24,32H,13-14,16H2,1-4H3,(H,33,38)/t17-,24?,29-/m0/s1. The number of nitrogens with one attached hydrogen (secondary N) is 2. The fourth-order valence-electron chi connectivity index (χ4n) is 5.71. The zero-order valence-corrected chi connectivity index (χ0v) is 21.8. The Hall–Kier alpha value is -4.19. The van der Waals surface area contributed by atoms with Crippen molar-refractivity contribution in [3.63, 3.8) is 0 Å². The number of benzene rings is 2. The lowest BCUT2D eigenvalue weighted by Crippen LogP contribution is -2.52. The average molecular weight is 516 g/mol. The van der Waals surface area contributed by atoms with Crippen LogP contribution in [0.3, 0.4) is 0 Å². The van der Waals surface area contributed by atoms with Gasteiger partial charge in [-0.1, -0.05) is 45.0 Å². The van der Waals surface area contributed by atoms with Gasteiger partial charge >= 0.3 is 0 Å². The van der Waals surface area contributed by atoms with Crippen LogP contribution < -0.4 is 5.32 Å². The average Bonchev–Trinajstić information content (AvgIpc) is 3.56. The van der Waals surface area contributed by atoms with Crippen molar-refractivity contribution in [3.05, 3.63) is 65.6 Å². The van der Waals surface area contributed by atoms with Gasteiger partial charge in [-0.3, -0.25) is 14.4 Å². The van der Waals surface area contributed by atoms with Crippen molar-refractivity contribution in [1.82, 2.24) is 14.8 Å². The molecule has 38 heavy (non-hydrogen) atoms. The van der Waals surface area contributed by atoms with E-state index in [0.29, 0.717) is 23.0 Å². The Morgan fingerprint density at radius 3 is 2.66 bits per heavy atom. The van der Waals surface area contributed by atoms with Crippen LogP contribution in [0.4, 0.5) is 10.1 Å². The third kappa shape index (κ3) is 4.10. The molecule has 3 atom stereocenters. The Labute approximate surface area is 220 Å². The number of aromatic nitrogens is 1. The van der Waals surface area contributed by atoms with Crippen LogP contribution in [-0.4, -0.2) is 58.2 Å². The van der Waals surface area contributed by atoms with E-state index in [4.69, 9.17) is 0 Å². The number of amides is 3. The van der Waals surface area contributed by atoms with E-state index in [0.717, 1.165) is 5.56 Å². The van der Waals surface area contributed by atoms with Gasteiger partial charge in [0, 0.05) is 36.6 Å². The van der Waals surface area contributed by atoms with Gasteiger partial charge in [-0.15, -0.1) is 0 Å². The number of H-pyrrole nitrogens is 1. The van der Waals surface area contributed by atoms with Gasteiger partial charge in [0.05, 0.1) is 11.5 Å². The van der Waals surface area contributed by atoms with E-state index < -0.39 is 35.1 Å². The van der Waals surface area contributed by atoms with Crippen molar-refractivity contribution < 1.29 is 18.8 Å². The number of halogens is 1. The summed E-state index contributed by atoms with van der Waals surface area (Å²) in [7, 11) is 1.54. The molecule has 9 heteroatoms. The number of nitrogens with zero attached hydrogens (tertiary/aromatic N) is 3. The van der Waals surface area contributed by atoms with Crippen LogP contribution in [0, 0.1) is 22.6 Å². The van der Waals surface area contributed by atoms with Crippen molar-refractivity contribution in [2.45, 2.75) is 51.1 Å². The molecule has 2 aromatic carbocycles. The maximum atomic E-state index is 14.3. The molecule has 1 spiro atoms. The van der Waals surface area contributed by atoms with Gasteiger partial charge in [0.1, 0.15) is 23.6 Å². The molecule has 1 saturated heterocycles. The number of likely N-dealkylation sites (N-methyl/N-ethyl adjacent to an activating group) is 1. The number of nitriles is 1. The van der Waals surface area contributed by atoms with E-state index in [-0.39, 0.29) is 30.0 Å². The Kier molecular flexibility index (Phi) is 6.02. The number of carbonyl (C=O) groups excluding carboxylic acids is 3. The molecule has 1 aromatic heterocycles. The van der Waals surface area contributed by atoms with Crippen LogP contribution in [0.2, 0.25) is 0 Å². The van der Waals surface area contributed by atoms with Gasteiger partial charge < -0.3 is 20.1 Å². The molecule has 0 aliphatic carbocycles. The summed E-state index contributed by atoms with van der Waals surface area (Å²) in [6.07, 6.45) is 0.506. The molecule has 3 heterocycles. The van der Waals surface area contributed by atoms with Crippen LogP contribution in [0.1, 0.15) is 49.7 Å². The van der Waals surface area contributed by atoms with Gasteiger partial charge in [0.2, 0.25) is 11.8 Å². The Morgan fingerprint density at radius 1 is 1.24 bits per heavy atom. The third-order valence-electron chi connectivity index (χ3n) is 7.64. The molecule has 2 N–H and O–H groups in total. The zero-order valence-electron chi connectivity index (χ0n) is 21.8. The predicted molar refractivity (Wildman–Crippen MR) is 141 cm³/mol. The molecule has 8 nitrogen and oxygen atoms in total. The quantitative estimate of drug-likeness (QED) is 0.543. The van der Waals surface area contributed by atoms with Crippen molar-refractivity contribution in [2.75, 3.05) is 18.9 Å². The largest absolute Gasteiger partial charge is 0.350 e. The highest BCUT2D eigenvalue weighted by atomic mass is 19.1. The number of para-hydroxylation sites is 1. The topological polar surface area (TPSA) is 109 Å². The minimum Gasteiger partial charge on any atom is -0.350 e. The second-order valence-electron chi connectivity index (χ2n) is 11.5. The summed E-state index contributed by atoms with van der Waals surface area (Å²) < 4.78 is 14.3. The lowest BCUT2D eigenvalue weighted by atomic mass is 9.80. The molecule has 1 unspecified atom stereocenters. The highest BCUT2D eigenvalue weighted by molar-refractivity contribution is 6.07. The summed E-state index contributed by atoms with van der Waals surface area (Å²) in [6, 6.07) is 13.8. The van der Waals surface area contributed by atoms with Crippen LogP contribution in [-0.2, 0) is 15.0 Å². The summed E-state index contributed by atoms with van der Waals surface area (Å²) >= 11 is 0. The van der Waals surface area contributed by atoms with Gasteiger partial charge in [-0.05, 0) is 41.7 Å². The molecule has 1 fully saturated rings. The first-order chi connectivity index (χ1) is 17.9. The Morgan fingerprint density at radius 2 is 1.97 bits per heavy atom. The normalized spacial score (nSPS) is 21.3. The fraction of sp³-hybridized carbons (Fsp3) is 0.379. The first kappa shape index (κ1) is 25.5. The number of fused-ring (bicyclic) bond motifs is 3. The van der Waals surface area contributed by atoms with Gasteiger partial charge in [0.25, 0.3) is 5.91 Å². The van der Waals surface area contributed by atoms with Gasteiger partial charge in [0.15, 0.2) is 0 Å². The lowest BCUT2D eigenvalue weighted by Gasteiger charge is -2.35. The minimum atomic E-state index is -1.02. The monoisotopic (exact) mass is 515 g/mol. The second-order valence-corrected chi connectivity index (χ2v) is 11.5. The molecule has 3 amide bonds. The first-order valence-corrected chi connectivity index (χ1v) is 12.6. The third-order valence-corrected chi connectivity index (χ3v) is 7.64. The number of hydrogen-bond acceptors (Lipinski definition) is 4. The molecule has 5 rings (SSSR count). The first-order valence-electron chi connectivity index (χ1n) is 12.6.